The van der Waals surface area contributed by atoms with E-state index in [4.69, 9.17) is 5.26 Å². The van der Waals surface area contributed by atoms with Crippen molar-refractivity contribution in [2.75, 3.05) is 11.1 Å². The van der Waals surface area contributed by atoms with E-state index >= 15 is 0 Å². The van der Waals surface area contributed by atoms with Crippen molar-refractivity contribution >= 4 is 45.0 Å². The van der Waals surface area contributed by atoms with Crippen molar-refractivity contribution in [3.05, 3.63) is 35.7 Å². The number of anilines is 1. The smallest absolute Gasteiger partial charge is 0.278 e. The molecule has 0 atom stereocenters. The van der Waals surface area contributed by atoms with Gasteiger partial charge in [-0.1, -0.05) is 41.3 Å². The molecule has 3 rings (SSSR count). The Bertz CT molecular complexity index is 877. The van der Waals surface area contributed by atoms with Gasteiger partial charge in [0, 0.05) is 5.39 Å². The highest BCUT2D eigenvalue weighted by atomic mass is 32.2. The average Bonchev–Trinajstić information content (AvgIpc) is 3.08. The lowest BCUT2D eigenvalue weighted by Crippen LogP contribution is -2.12. The van der Waals surface area contributed by atoms with E-state index in [-0.39, 0.29) is 5.91 Å². The van der Waals surface area contributed by atoms with Gasteiger partial charge in [0.2, 0.25) is 0 Å². The summed E-state index contributed by atoms with van der Waals surface area (Å²) in [6, 6.07) is 9.52. The highest BCUT2D eigenvalue weighted by molar-refractivity contribution is 8.01. The average molecular weight is 329 g/mol. The summed E-state index contributed by atoms with van der Waals surface area (Å²) in [6.45, 7) is 1.86. The Balaban J connectivity index is 1.81. The van der Waals surface area contributed by atoms with Gasteiger partial charge in [-0.15, -0.1) is 0 Å². The van der Waals surface area contributed by atoms with Crippen LogP contribution in [0.1, 0.15) is 16.2 Å². The molecule has 110 valence electrons. The molecule has 6 nitrogen and oxygen atoms in total. The van der Waals surface area contributed by atoms with Crippen molar-refractivity contribution in [2.45, 2.75) is 11.1 Å². The molecule has 1 aromatic carbocycles. The van der Waals surface area contributed by atoms with Crippen molar-refractivity contribution in [3.8, 4) is 6.07 Å². The first kappa shape index (κ1) is 14.6. The van der Waals surface area contributed by atoms with Crippen LogP contribution in [-0.4, -0.2) is 26.8 Å². The fourth-order valence-corrected chi connectivity index (χ4v) is 3.76. The molecule has 0 aliphatic carbocycles. The van der Waals surface area contributed by atoms with Gasteiger partial charge < -0.3 is 0 Å². The van der Waals surface area contributed by atoms with Gasteiger partial charge in [0.1, 0.15) is 0 Å². The van der Waals surface area contributed by atoms with Crippen LogP contribution in [0.3, 0.4) is 0 Å². The lowest BCUT2D eigenvalue weighted by Gasteiger charge is -1.98. The molecule has 3 aromatic rings. The number of carbonyl (C=O) groups excluding carboxylic acids is 1. The molecule has 0 bridgehead atoms. The number of rotatable bonds is 4. The number of aromatic nitrogens is 3. The zero-order valence-electron chi connectivity index (χ0n) is 11.6. The number of nitrogens with one attached hydrogen (secondary N) is 2. The van der Waals surface area contributed by atoms with Gasteiger partial charge in [0.25, 0.3) is 5.91 Å². The van der Waals surface area contributed by atoms with E-state index in [2.05, 4.69) is 26.6 Å². The van der Waals surface area contributed by atoms with Gasteiger partial charge in [0.15, 0.2) is 10.8 Å². The van der Waals surface area contributed by atoms with Crippen LogP contribution in [0.15, 0.2) is 28.5 Å². The normalized spacial score (nSPS) is 10.5. The molecule has 8 heteroatoms. The summed E-state index contributed by atoms with van der Waals surface area (Å²) in [6.07, 6.45) is 0. The van der Waals surface area contributed by atoms with E-state index < -0.39 is 0 Å². The number of hydrogen-bond donors (Lipinski definition) is 2. The number of H-pyrrole nitrogens is 1. The molecule has 0 fully saturated rings. The van der Waals surface area contributed by atoms with Crippen LogP contribution in [0.25, 0.3) is 10.9 Å². The number of amides is 1. The van der Waals surface area contributed by atoms with E-state index in [1.807, 2.05) is 31.2 Å². The fourth-order valence-electron chi connectivity index (χ4n) is 1.96. The lowest BCUT2D eigenvalue weighted by atomic mass is 10.2. The summed E-state index contributed by atoms with van der Waals surface area (Å²) in [5.41, 5.74) is 1.97. The predicted molar refractivity (Wildman–Crippen MR) is 87.2 cm³/mol. The summed E-state index contributed by atoms with van der Waals surface area (Å²) in [4.78, 5) is 16.6. The second-order valence-corrected chi connectivity index (χ2v) is 6.65. The first-order chi connectivity index (χ1) is 10.7. The highest BCUT2D eigenvalue weighted by Crippen LogP contribution is 2.32. The third-order valence-electron chi connectivity index (χ3n) is 2.93. The molecule has 0 saturated carbocycles. The highest BCUT2D eigenvalue weighted by Gasteiger charge is 2.16. The Morgan fingerprint density at radius 3 is 3.14 bits per heavy atom. The molecule has 1 amide bonds. The zero-order chi connectivity index (χ0) is 15.5. The number of nitriles is 1. The number of nitrogens with zero attached hydrogens (tertiary/aromatic N) is 3. The number of fused-ring (bicyclic) bond motifs is 1. The largest absolute Gasteiger partial charge is 0.296 e. The van der Waals surface area contributed by atoms with Crippen molar-refractivity contribution in [1.29, 1.82) is 5.26 Å². The Hall–Kier alpha value is -2.37. The maximum Gasteiger partial charge on any atom is 0.278 e. The predicted octanol–water partition coefficient (Wildman–Crippen LogP) is 3.20. The molecule has 2 aromatic heterocycles. The summed E-state index contributed by atoms with van der Waals surface area (Å²) in [7, 11) is 0. The number of hydrogen-bond acceptors (Lipinski definition) is 6. The number of aromatic amines is 1. The minimum Gasteiger partial charge on any atom is -0.296 e. The van der Waals surface area contributed by atoms with Crippen LogP contribution in [0.2, 0.25) is 0 Å². The Kier molecular flexibility index (Phi) is 4.09. The summed E-state index contributed by atoms with van der Waals surface area (Å²) < 4.78 is 0.934. The molecule has 0 unspecified atom stereocenters. The molecule has 0 aliphatic rings. The minimum absolute atomic E-state index is 0.303. The maximum absolute atomic E-state index is 12.3. The molecule has 0 spiro atoms. The number of carbonyl (C=O) groups is 1. The van der Waals surface area contributed by atoms with Crippen LogP contribution < -0.4 is 5.32 Å². The van der Waals surface area contributed by atoms with Gasteiger partial charge in [0.05, 0.1) is 27.2 Å². The number of thioether (sulfide) groups is 1. The number of thiazole rings is 1. The van der Waals surface area contributed by atoms with Gasteiger partial charge in [-0.05, 0) is 13.0 Å². The lowest BCUT2D eigenvalue weighted by molar-refractivity contribution is 0.102. The van der Waals surface area contributed by atoms with Gasteiger partial charge in [-0.2, -0.15) is 10.4 Å². The third kappa shape index (κ3) is 2.81. The molecular formula is C14H11N5OS2. The summed E-state index contributed by atoms with van der Waals surface area (Å²) in [5.74, 6) is 0.0588. The van der Waals surface area contributed by atoms with Crippen LogP contribution >= 0.6 is 23.1 Å². The first-order valence-corrected chi connectivity index (χ1v) is 8.21. The molecule has 2 N–H and O–H groups in total. The van der Waals surface area contributed by atoms with Crippen LogP contribution in [0.4, 0.5) is 5.13 Å². The van der Waals surface area contributed by atoms with Gasteiger partial charge >= 0.3 is 0 Å². The fraction of sp³-hybridized carbons (Fsp3) is 0.143. The Morgan fingerprint density at radius 2 is 2.32 bits per heavy atom. The number of para-hydroxylation sites is 1. The van der Waals surface area contributed by atoms with Crippen molar-refractivity contribution < 1.29 is 4.79 Å². The summed E-state index contributed by atoms with van der Waals surface area (Å²) in [5, 5.41) is 19.6. The topological polar surface area (TPSA) is 94.5 Å². The van der Waals surface area contributed by atoms with E-state index in [1.54, 1.807) is 0 Å². The van der Waals surface area contributed by atoms with Crippen LogP contribution in [0, 0.1) is 18.3 Å². The monoisotopic (exact) mass is 329 g/mol. The van der Waals surface area contributed by atoms with E-state index in [0.29, 0.717) is 16.6 Å². The standard InChI is InChI=1S/C14H11N5OS2/c1-8-13(21-7-6-15)22-14(16-8)17-12(20)11-9-4-2-3-5-10(9)18-19-11/h2-5H,7H2,1H3,(H,18,19)(H,16,17,20). The summed E-state index contributed by atoms with van der Waals surface area (Å²) >= 11 is 2.78. The molecule has 2 heterocycles. The van der Waals surface area contributed by atoms with Crippen LogP contribution in [-0.2, 0) is 0 Å². The maximum atomic E-state index is 12.3. The van der Waals surface area contributed by atoms with Gasteiger partial charge in [-0.3, -0.25) is 15.2 Å². The number of aryl methyl sites for hydroxylation is 1. The molecule has 22 heavy (non-hydrogen) atoms. The molecule has 0 aliphatic heterocycles. The minimum atomic E-state index is -0.303. The van der Waals surface area contributed by atoms with E-state index in [9.17, 15) is 4.79 Å². The van der Waals surface area contributed by atoms with Crippen molar-refractivity contribution in [3.63, 3.8) is 0 Å². The third-order valence-corrected chi connectivity index (χ3v) is 5.23. The van der Waals surface area contributed by atoms with E-state index in [1.165, 1.54) is 23.1 Å². The van der Waals surface area contributed by atoms with Crippen molar-refractivity contribution in [1.82, 2.24) is 15.2 Å². The second-order valence-electron chi connectivity index (χ2n) is 4.41. The Morgan fingerprint density at radius 1 is 1.50 bits per heavy atom. The van der Waals surface area contributed by atoms with Crippen molar-refractivity contribution in [2.24, 2.45) is 0 Å². The number of benzene rings is 1. The van der Waals surface area contributed by atoms with Gasteiger partial charge in [-0.25, -0.2) is 4.98 Å². The molecule has 0 radical (unpaired) electrons. The molecule has 0 saturated heterocycles. The SMILES string of the molecule is Cc1nc(NC(=O)c2n[nH]c3ccccc23)sc1SCC#N. The van der Waals surface area contributed by atoms with Crippen LogP contribution in [0.5, 0.6) is 0 Å². The van der Waals surface area contributed by atoms with E-state index in [0.717, 1.165) is 20.8 Å². The zero-order valence-corrected chi connectivity index (χ0v) is 13.2. The quantitative estimate of drug-likeness (QED) is 0.717. The first-order valence-electron chi connectivity index (χ1n) is 6.40. The second kappa shape index (κ2) is 6.17. The molecular weight excluding hydrogens is 318 g/mol. The Labute approximate surface area is 134 Å².